The number of imidazole rings is 1. The summed E-state index contributed by atoms with van der Waals surface area (Å²) in [5.74, 6) is 0. The van der Waals surface area contributed by atoms with Crippen molar-refractivity contribution in [1.82, 2.24) is 19.6 Å². The topological polar surface area (TPSA) is 58.0 Å². The Bertz CT molecular complexity index is 634. The van der Waals surface area contributed by atoms with E-state index in [9.17, 15) is 0 Å². The number of H-pyrrole nitrogens is 1. The average Bonchev–Trinajstić information content (AvgIpc) is 2.93. The van der Waals surface area contributed by atoms with Gasteiger partial charge >= 0.3 is 0 Å². The van der Waals surface area contributed by atoms with Gasteiger partial charge in [0.05, 0.1) is 29.8 Å². The second-order valence-electron chi connectivity index (χ2n) is 3.98. The van der Waals surface area contributed by atoms with E-state index in [0.29, 0.717) is 0 Å². The van der Waals surface area contributed by atoms with Crippen molar-refractivity contribution in [2.45, 2.75) is 20.4 Å². The molecule has 0 atom stereocenters. The monoisotopic (exact) mass is 247 g/mol. The van der Waals surface area contributed by atoms with E-state index in [1.54, 1.807) is 17.5 Å². The lowest BCUT2D eigenvalue weighted by Crippen LogP contribution is -2.02. The molecule has 0 aliphatic carbocycles. The molecule has 0 saturated carbocycles. The number of aryl methyl sites for hydroxylation is 2. The smallest absolute Gasteiger partial charge is 0.194 e. The molecule has 3 aromatic heterocycles. The third kappa shape index (κ3) is 1.80. The number of nitrogens with zero attached hydrogens (tertiary/aromatic N) is 3. The van der Waals surface area contributed by atoms with Crippen LogP contribution in [0.4, 0.5) is 5.69 Å². The molecule has 3 heterocycles. The maximum atomic E-state index is 4.55. The Kier molecular flexibility index (Phi) is 2.36. The largest absolute Gasteiger partial charge is 0.377 e. The number of aromatic amines is 1. The molecular weight excluding hydrogens is 234 g/mol. The number of hydrogen-bond acceptors (Lipinski definition) is 4. The molecule has 0 bridgehead atoms. The first-order valence-corrected chi connectivity index (χ1v) is 6.22. The maximum Gasteiger partial charge on any atom is 0.194 e. The number of aromatic nitrogens is 4. The fourth-order valence-corrected chi connectivity index (χ4v) is 2.75. The van der Waals surface area contributed by atoms with Crippen LogP contribution in [-0.4, -0.2) is 19.6 Å². The number of hydrogen-bond donors (Lipinski definition) is 2. The van der Waals surface area contributed by atoms with Gasteiger partial charge in [0.15, 0.2) is 4.96 Å². The summed E-state index contributed by atoms with van der Waals surface area (Å²) in [6.45, 7) is 4.89. The summed E-state index contributed by atoms with van der Waals surface area (Å²) in [6.07, 6.45) is 5.74. The number of thiazole rings is 1. The molecule has 3 rings (SSSR count). The predicted molar refractivity (Wildman–Crippen MR) is 68.5 cm³/mol. The second-order valence-corrected chi connectivity index (χ2v) is 5.19. The van der Waals surface area contributed by atoms with Crippen LogP contribution in [0.5, 0.6) is 0 Å². The van der Waals surface area contributed by atoms with E-state index in [1.165, 1.54) is 10.6 Å². The third-order valence-corrected chi connectivity index (χ3v) is 3.60. The Labute approximate surface area is 103 Å². The first kappa shape index (κ1) is 10.3. The summed E-state index contributed by atoms with van der Waals surface area (Å²) in [5.41, 5.74) is 3.27. The molecule has 0 amide bonds. The fraction of sp³-hybridized carbons (Fsp3) is 0.273. The zero-order chi connectivity index (χ0) is 11.8. The minimum Gasteiger partial charge on any atom is -0.377 e. The molecule has 0 aromatic carbocycles. The van der Waals surface area contributed by atoms with Gasteiger partial charge in [-0.15, -0.1) is 11.3 Å². The Balaban J connectivity index is 1.90. The van der Waals surface area contributed by atoms with Gasteiger partial charge in [0.1, 0.15) is 0 Å². The Morgan fingerprint density at radius 2 is 2.35 bits per heavy atom. The average molecular weight is 247 g/mol. The number of fused-ring (bicyclic) bond motifs is 1. The first-order chi connectivity index (χ1) is 8.24. The van der Waals surface area contributed by atoms with E-state index in [4.69, 9.17) is 0 Å². The van der Waals surface area contributed by atoms with Gasteiger partial charge in [-0.25, -0.2) is 4.98 Å². The van der Waals surface area contributed by atoms with Crippen molar-refractivity contribution in [3.05, 3.63) is 34.9 Å². The molecule has 2 N–H and O–H groups in total. The van der Waals surface area contributed by atoms with Crippen molar-refractivity contribution in [1.29, 1.82) is 0 Å². The third-order valence-electron chi connectivity index (χ3n) is 2.70. The summed E-state index contributed by atoms with van der Waals surface area (Å²) in [7, 11) is 0. The summed E-state index contributed by atoms with van der Waals surface area (Å²) in [5, 5.41) is 10.0. The van der Waals surface area contributed by atoms with E-state index in [2.05, 4.69) is 38.0 Å². The van der Waals surface area contributed by atoms with Crippen LogP contribution in [0.2, 0.25) is 0 Å². The van der Waals surface area contributed by atoms with Gasteiger partial charge in [-0.3, -0.25) is 9.50 Å². The van der Waals surface area contributed by atoms with Crippen LogP contribution < -0.4 is 5.32 Å². The molecule has 0 aliphatic rings. The van der Waals surface area contributed by atoms with Crippen LogP contribution in [0.25, 0.3) is 4.96 Å². The molecule has 0 unspecified atom stereocenters. The summed E-state index contributed by atoms with van der Waals surface area (Å²) >= 11 is 1.72. The van der Waals surface area contributed by atoms with Gasteiger partial charge in [-0.05, 0) is 13.8 Å². The number of nitrogens with one attached hydrogen (secondary N) is 2. The van der Waals surface area contributed by atoms with Gasteiger partial charge in [0.2, 0.25) is 0 Å². The molecule has 0 saturated heterocycles. The summed E-state index contributed by atoms with van der Waals surface area (Å²) in [4.78, 5) is 6.89. The molecule has 0 radical (unpaired) electrons. The van der Waals surface area contributed by atoms with E-state index in [1.807, 2.05) is 13.1 Å². The van der Waals surface area contributed by atoms with Crippen LogP contribution in [0.3, 0.4) is 0 Å². The van der Waals surface area contributed by atoms with Gasteiger partial charge in [0, 0.05) is 17.3 Å². The van der Waals surface area contributed by atoms with Crippen LogP contribution in [0.1, 0.15) is 16.3 Å². The molecule has 5 nitrogen and oxygen atoms in total. The minimum atomic E-state index is 0.753. The lowest BCUT2D eigenvalue weighted by atomic mass is 10.3. The number of anilines is 1. The van der Waals surface area contributed by atoms with E-state index in [0.717, 1.165) is 22.9 Å². The lowest BCUT2D eigenvalue weighted by Gasteiger charge is -2.03. The molecule has 17 heavy (non-hydrogen) atoms. The molecule has 88 valence electrons. The van der Waals surface area contributed by atoms with Gasteiger partial charge in [-0.2, -0.15) is 5.10 Å². The van der Waals surface area contributed by atoms with Crippen molar-refractivity contribution in [3.8, 4) is 0 Å². The molecular formula is C11H13N5S. The summed E-state index contributed by atoms with van der Waals surface area (Å²) in [6, 6.07) is 0. The highest BCUT2D eigenvalue weighted by molar-refractivity contribution is 7.17. The Morgan fingerprint density at radius 1 is 1.47 bits per heavy atom. The predicted octanol–water partition coefficient (Wildman–Crippen LogP) is 2.35. The first-order valence-electron chi connectivity index (χ1n) is 5.40. The van der Waals surface area contributed by atoms with Crippen LogP contribution in [-0.2, 0) is 6.54 Å². The molecule has 3 aromatic rings. The van der Waals surface area contributed by atoms with Crippen LogP contribution in [0, 0.1) is 13.8 Å². The van der Waals surface area contributed by atoms with Crippen LogP contribution in [0.15, 0.2) is 18.6 Å². The van der Waals surface area contributed by atoms with Crippen LogP contribution >= 0.6 is 11.3 Å². The normalized spacial score (nSPS) is 11.2. The van der Waals surface area contributed by atoms with Crippen molar-refractivity contribution in [2.75, 3.05) is 5.32 Å². The van der Waals surface area contributed by atoms with Crippen molar-refractivity contribution >= 4 is 22.0 Å². The van der Waals surface area contributed by atoms with Crippen molar-refractivity contribution in [2.24, 2.45) is 0 Å². The standard InChI is InChI=1S/C11H13N5S/c1-7-6-16-10(8(2)15-11(16)17-7)5-12-9-3-13-14-4-9/h3-4,6,12H,5H2,1-2H3,(H,13,14). The zero-order valence-corrected chi connectivity index (χ0v) is 10.5. The minimum absolute atomic E-state index is 0.753. The van der Waals surface area contributed by atoms with Gasteiger partial charge in [-0.1, -0.05) is 0 Å². The molecule has 0 fully saturated rings. The van der Waals surface area contributed by atoms with E-state index in [-0.39, 0.29) is 0 Å². The molecule has 0 aliphatic heterocycles. The van der Waals surface area contributed by atoms with Crippen molar-refractivity contribution in [3.63, 3.8) is 0 Å². The van der Waals surface area contributed by atoms with Gasteiger partial charge < -0.3 is 5.32 Å². The highest BCUT2D eigenvalue weighted by atomic mass is 32.1. The quantitative estimate of drug-likeness (QED) is 0.747. The second kappa shape index (κ2) is 3.89. The van der Waals surface area contributed by atoms with E-state index >= 15 is 0 Å². The fourth-order valence-electron chi connectivity index (χ4n) is 1.86. The molecule has 0 spiro atoms. The Hall–Kier alpha value is -1.82. The van der Waals surface area contributed by atoms with Gasteiger partial charge in [0.25, 0.3) is 0 Å². The highest BCUT2D eigenvalue weighted by Gasteiger charge is 2.10. The van der Waals surface area contributed by atoms with E-state index < -0.39 is 0 Å². The maximum absolute atomic E-state index is 4.55. The van der Waals surface area contributed by atoms with Crippen molar-refractivity contribution < 1.29 is 0 Å². The molecule has 6 heteroatoms. The zero-order valence-electron chi connectivity index (χ0n) is 9.69. The highest BCUT2D eigenvalue weighted by Crippen LogP contribution is 2.21. The summed E-state index contributed by atoms with van der Waals surface area (Å²) < 4.78 is 2.16. The number of rotatable bonds is 3. The SMILES string of the molecule is Cc1cn2c(CNc3cn[nH]c3)c(C)nc2s1. The lowest BCUT2D eigenvalue weighted by molar-refractivity contribution is 0.992. The Morgan fingerprint density at radius 3 is 3.12 bits per heavy atom.